The highest BCUT2D eigenvalue weighted by Gasteiger charge is 2.22. The lowest BCUT2D eigenvalue weighted by Crippen LogP contribution is -2.13. The molecule has 1 fully saturated rings. The Hall–Kier alpha value is -0.830. The minimum absolute atomic E-state index is 0.294. The summed E-state index contributed by atoms with van der Waals surface area (Å²) in [5, 5.41) is 3.33. The molecule has 15 heavy (non-hydrogen) atoms. The lowest BCUT2D eigenvalue weighted by molar-refractivity contribution is 0.572. The molecule has 1 saturated carbocycles. The molecule has 2 unspecified atom stereocenters. The molecule has 1 aliphatic carbocycles. The van der Waals surface area contributed by atoms with Crippen LogP contribution in [-0.2, 0) is 0 Å². The Balaban J connectivity index is 1.86. The monoisotopic (exact) mass is 228 g/mol. The van der Waals surface area contributed by atoms with Gasteiger partial charge in [-0.15, -0.1) is 11.6 Å². The summed E-state index contributed by atoms with van der Waals surface area (Å²) in [6, 6.07) is 3.00. The predicted octanol–water partition coefficient (Wildman–Crippen LogP) is 3.04. The molecule has 0 spiro atoms. The van der Waals surface area contributed by atoms with Crippen LogP contribution in [0.25, 0.3) is 0 Å². The summed E-state index contributed by atoms with van der Waals surface area (Å²) >= 11 is 6.00. The number of nitrogens with zero attached hydrogens (tertiary/aromatic N) is 1. The van der Waals surface area contributed by atoms with Gasteiger partial charge in [-0.2, -0.15) is 0 Å². The standard InChI is InChI=1S/C11H14ClFN2/c12-9-4-3-8(6-9)7-15-11-10(13)2-1-5-14-11/h1-2,5,8-9H,3-4,6-7H2,(H,14,15). The first-order valence-electron chi connectivity index (χ1n) is 5.24. The molecule has 1 heterocycles. The van der Waals surface area contributed by atoms with E-state index in [9.17, 15) is 4.39 Å². The number of hydrogen-bond acceptors (Lipinski definition) is 2. The highest BCUT2D eigenvalue weighted by molar-refractivity contribution is 6.20. The van der Waals surface area contributed by atoms with Gasteiger partial charge < -0.3 is 5.32 Å². The number of alkyl halides is 1. The van der Waals surface area contributed by atoms with Gasteiger partial charge >= 0.3 is 0 Å². The van der Waals surface area contributed by atoms with Crippen LogP contribution in [0.2, 0.25) is 0 Å². The highest BCUT2D eigenvalue weighted by atomic mass is 35.5. The lowest BCUT2D eigenvalue weighted by Gasteiger charge is -2.11. The van der Waals surface area contributed by atoms with Gasteiger partial charge in [0, 0.05) is 18.1 Å². The van der Waals surface area contributed by atoms with E-state index < -0.39 is 0 Å². The van der Waals surface area contributed by atoms with Gasteiger partial charge in [0.25, 0.3) is 0 Å². The van der Waals surface area contributed by atoms with Gasteiger partial charge in [-0.1, -0.05) is 0 Å². The van der Waals surface area contributed by atoms with Gasteiger partial charge in [-0.05, 0) is 37.3 Å². The van der Waals surface area contributed by atoms with Crippen LogP contribution >= 0.6 is 11.6 Å². The minimum atomic E-state index is -0.294. The fourth-order valence-electron chi connectivity index (χ4n) is 1.96. The summed E-state index contributed by atoms with van der Waals surface area (Å²) in [5.41, 5.74) is 0. The molecule has 1 aromatic rings. The largest absolute Gasteiger partial charge is 0.367 e. The Morgan fingerprint density at radius 1 is 1.53 bits per heavy atom. The topological polar surface area (TPSA) is 24.9 Å². The lowest BCUT2D eigenvalue weighted by atomic mass is 10.1. The van der Waals surface area contributed by atoms with E-state index in [1.807, 2.05) is 0 Å². The third kappa shape index (κ3) is 2.81. The molecule has 0 aliphatic heterocycles. The van der Waals surface area contributed by atoms with Crippen molar-refractivity contribution in [2.45, 2.75) is 24.6 Å². The number of halogens is 2. The van der Waals surface area contributed by atoms with Gasteiger partial charge in [0.1, 0.15) is 0 Å². The van der Waals surface area contributed by atoms with E-state index in [4.69, 9.17) is 11.6 Å². The van der Waals surface area contributed by atoms with Crippen molar-refractivity contribution in [2.24, 2.45) is 5.92 Å². The third-order valence-corrected chi connectivity index (χ3v) is 3.19. The van der Waals surface area contributed by atoms with E-state index >= 15 is 0 Å². The molecule has 2 atom stereocenters. The zero-order chi connectivity index (χ0) is 10.7. The Kier molecular flexibility index (Phi) is 3.41. The maximum absolute atomic E-state index is 13.2. The van der Waals surface area contributed by atoms with E-state index in [1.54, 1.807) is 12.3 Å². The number of aromatic nitrogens is 1. The van der Waals surface area contributed by atoms with Crippen molar-refractivity contribution in [1.29, 1.82) is 0 Å². The molecule has 0 bridgehead atoms. The summed E-state index contributed by atoms with van der Waals surface area (Å²) < 4.78 is 13.2. The van der Waals surface area contributed by atoms with E-state index in [-0.39, 0.29) is 5.82 Å². The molecule has 1 N–H and O–H groups in total. The molecule has 0 radical (unpaired) electrons. The number of anilines is 1. The molecular formula is C11H14ClFN2. The normalized spacial score (nSPS) is 25.5. The second kappa shape index (κ2) is 4.79. The molecular weight excluding hydrogens is 215 g/mol. The molecule has 4 heteroatoms. The SMILES string of the molecule is Fc1cccnc1NCC1CCC(Cl)C1. The summed E-state index contributed by atoms with van der Waals surface area (Å²) in [4.78, 5) is 3.94. The molecule has 2 nitrogen and oxygen atoms in total. The van der Waals surface area contributed by atoms with Crippen LogP contribution in [-0.4, -0.2) is 16.9 Å². The van der Waals surface area contributed by atoms with Crippen LogP contribution in [0, 0.1) is 11.7 Å². The molecule has 0 saturated heterocycles. The molecule has 1 aromatic heterocycles. The van der Waals surface area contributed by atoms with Crippen molar-refractivity contribution in [1.82, 2.24) is 4.98 Å². The number of pyridine rings is 1. The fourth-order valence-corrected chi connectivity index (χ4v) is 2.33. The summed E-state index contributed by atoms with van der Waals surface area (Å²) in [6.07, 6.45) is 4.79. The fraction of sp³-hybridized carbons (Fsp3) is 0.545. The first kappa shape index (κ1) is 10.7. The van der Waals surface area contributed by atoms with E-state index in [2.05, 4.69) is 10.3 Å². The van der Waals surface area contributed by atoms with Crippen LogP contribution in [0.5, 0.6) is 0 Å². The number of rotatable bonds is 3. The van der Waals surface area contributed by atoms with E-state index in [1.165, 1.54) is 6.07 Å². The Bertz CT molecular complexity index is 332. The smallest absolute Gasteiger partial charge is 0.165 e. The molecule has 2 rings (SSSR count). The van der Waals surface area contributed by atoms with Crippen molar-refractivity contribution >= 4 is 17.4 Å². The van der Waals surface area contributed by atoms with Gasteiger partial charge in [0.2, 0.25) is 0 Å². The van der Waals surface area contributed by atoms with Crippen LogP contribution in [0.15, 0.2) is 18.3 Å². The van der Waals surface area contributed by atoms with Gasteiger partial charge in [0.05, 0.1) is 0 Å². The van der Waals surface area contributed by atoms with Crippen LogP contribution in [0.1, 0.15) is 19.3 Å². The van der Waals surface area contributed by atoms with E-state index in [0.717, 1.165) is 25.8 Å². The first-order valence-corrected chi connectivity index (χ1v) is 5.68. The van der Waals surface area contributed by atoms with Crippen LogP contribution in [0.3, 0.4) is 0 Å². The third-order valence-electron chi connectivity index (χ3n) is 2.79. The molecule has 0 aromatic carbocycles. The Labute approximate surface area is 93.9 Å². The highest BCUT2D eigenvalue weighted by Crippen LogP contribution is 2.29. The first-order chi connectivity index (χ1) is 7.25. The zero-order valence-electron chi connectivity index (χ0n) is 8.42. The molecule has 82 valence electrons. The molecule has 1 aliphatic rings. The quantitative estimate of drug-likeness (QED) is 0.805. The van der Waals surface area contributed by atoms with Crippen molar-refractivity contribution in [3.8, 4) is 0 Å². The van der Waals surface area contributed by atoms with Crippen molar-refractivity contribution in [3.63, 3.8) is 0 Å². The van der Waals surface area contributed by atoms with Crippen LogP contribution < -0.4 is 5.32 Å². The van der Waals surface area contributed by atoms with Crippen molar-refractivity contribution in [3.05, 3.63) is 24.1 Å². The zero-order valence-corrected chi connectivity index (χ0v) is 9.17. The van der Waals surface area contributed by atoms with E-state index in [0.29, 0.717) is 17.1 Å². The Morgan fingerprint density at radius 2 is 2.40 bits per heavy atom. The van der Waals surface area contributed by atoms with Gasteiger partial charge in [-0.25, -0.2) is 9.37 Å². The maximum atomic E-state index is 13.2. The van der Waals surface area contributed by atoms with Crippen LogP contribution in [0.4, 0.5) is 10.2 Å². The van der Waals surface area contributed by atoms with Crippen molar-refractivity contribution in [2.75, 3.05) is 11.9 Å². The summed E-state index contributed by atoms with van der Waals surface area (Å²) in [5.74, 6) is 0.599. The maximum Gasteiger partial charge on any atom is 0.165 e. The second-order valence-corrected chi connectivity index (χ2v) is 4.61. The van der Waals surface area contributed by atoms with Crippen molar-refractivity contribution < 1.29 is 4.39 Å². The average Bonchev–Trinajstić information content (AvgIpc) is 2.63. The minimum Gasteiger partial charge on any atom is -0.367 e. The number of nitrogens with one attached hydrogen (secondary N) is 1. The second-order valence-electron chi connectivity index (χ2n) is 3.99. The van der Waals surface area contributed by atoms with Gasteiger partial charge in [-0.3, -0.25) is 0 Å². The Morgan fingerprint density at radius 3 is 3.07 bits per heavy atom. The average molecular weight is 229 g/mol. The van der Waals surface area contributed by atoms with Gasteiger partial charge in [0.15, 0.2) is 11.6 Å². The predicted molar refractivity (Wildman–Crippen MR) is 59.7 cm³/mol. The molecule has 0 amide bonds. The number of hydrogen-bond donors (Lipinski definition) is 1. The summed E-state index contributed by atoms with van der Waals surface area (Å²) in [6.45, 7) is 0.761. The summed E-state index contributed by atoms with van der Waals surface area (Å²) in [7, 11) is 0.